The highest BCUT2D eigenvalue weighted by Gasteiger charge is 2.08. The van der Waals surface area contributed by atoms with Crippen LogP contribution in [0.4, 0.5) is 0 Å². The smallest absolute Gasteiger partial charge is 0.257 e. The molecule has 0 radical (unpaired) electrons. The number of rotatable bonds is 5. The van der Waals surface area contributed by atoms with Gasteiger partial charge >= 0.3 is 0 Å². The molecule has 2 aromatic rings. The summed E-state index contributed by atoms with van der Waals surface area (Å²) in [5.41, 5.74) is 0.890. The van der Waals surface area contributed by atoms with E-state index in [9.17, 15) is 0 Å². The molecule has 2 rings (SSSR count). The third-order valence-electron chi connectivity index (χ3n) is 2.34. The predicted molar refractivity (Wildman–Crippen MR) is 63.7 cm³/mol. The summed E-state index contributed by atoms with van der Waals surface area (Å²) in [5.74, 6) is 2.00. The van der Waals surface area contributed by atoms with Gasteiger partial charge in [-0.2, -0.15) is 4.98 Å². The molecular weight excluding hydrogens is 218 g/mol. The number of ether oxygens (including phenoxy) is 1. The first-order chi connectivity index (χ1) is 8.33. The average Bonchev–Trinajstić information content (AvgIpc) is 2.85. The van der Waals surface area contributed by atoms with E-state index in [0.717, 1.165) is 17.9 Å². The zero-order valence-corrected chi connectivity index (χ0v) is 9.93. The van der Waals surface area contributed by atoms with Gasteiger partial charge in [-0.1, -0.05) is 12.1 Å². The molecular formula is C12H15N3O2. The molecule has 0 saturated carbocycles. The maximum absolute atomic E-state index is 5.18. The highest BCUT2D eigenvalue weighted by Crippen LogP contribution is 2.20. The second-order valence-corrected chi connectivity index (χ2v) is 3.52. The van der Waals surface area contributed by atoms with Gasteiger partial charge in [-0.25, -0.2) is 0 Å². The first-order valence-electron chi connectivity index (χ1n) is 5.51. The summed E-state index contributed by atoms with van der Waals surface area (Å²) in [7, 11) is 1.64. The van der Waals surface area contributed by atoms with E-state index < -0.39 is 0 Å². The number of hydrogen-bond acceptors (Lipinski definition) is 5. The van der Waals surface area contributed by atoms with Crippen molar-refractivity contribution in [3.05, 3.63) is 30.1 Å². The van der Waals surface area contributed by atoms with Crippen molar-refractivity contribution >= 4 is 0 Å². The van der Waals surface area contributed by atoms with E-state index in [-0.39, 0.29) is 0 Å². The summed E-state index contributed by atoms with van der Waals surface area (Å²) < 4.78 is 10.3. The lowest BCUT2D eigenvalue weighted by Crippen LogP contribution is -2.12. The number of hydrogen-bond donors (Lipinski definition) is 1. The Kier molecular flexibility index (Phi) is 3.72. The zero-order chi connectivity index (χ0) is 12.1. The monoisotopic (exact) mass is 233 g/mol. The van der Waals surface area contributed by atoms with Crippen LogP contribution < -0.4 is 10.1 Å². The van der Waals surface area contributed by atoms with E-state index in [1.165, 1.54) is 0 Å². The highest BCUT2D eigenvalue weighted by molar-refractivity contribution is 5.54. The van der Waals surface area contributed by atoms with Crippen molar-refractivity contribution in [3.8, 4) is 17.2 Å². The fourth-order valence-corrected chi connectivity index (χ4v) is 1.41. The van der Waals surface area contributed by atoms with Crippen molar-refractivity contribution in [2.24, 2.45) is 0 Å². The summed E-state index contributed by atoms with van der Waals surface area (Å²) in [6.07, 6.45) is 0. The molecule has 0 atom stereocenters. The second-order valence-electron chi connectivity index (χ2n) is 3.52. The van der Waals surface area contributed by atoms with Crippen LogP contribution in [-0.2, 0) is 6.54 Å². The van der Waals surface area contributed by atoms with Gasteiger partial charge in [-0.15, -0.1) is 0 Å². The number of benzene rings is 1. The lowest BCUT2D eigenvalue weighted by atomic mass is 10.2. The molecule has 5 nitrogen and oxygen atoms in total. The Morgan fingerprint density at radius 1 is 1.29 bits per heavy atom. The highest BCUT2D eigenvalue weighted by atomic mass is 16.5. The third kappa shape index (κ3) is 2.82. The average molecular weight is 233 g/mol. The summed E-state index contributed by atoms with van der Waals surface area (Å²) in [6.45, 7) is 3.53. The molecule has 90 valence electrons. The summed E-state index contributed by atoms with van der Waals surface area (Å²) in [4.78, 5) is 4.29. The largest absolute Gasteiger partial charge is 0.497 e. The molecule has 1 heterocycles. The molecule has 1 aromatic carbocycles. The van der Waals surface area contributed by atoms with Crippen LogP contribution in [-0.4, -0.2) is 23.8 Å². The molecule has 0 unspecified atom stereocenters. The number of nitrogens with one attached hydrogen (secondary N) is 1. The maximum Gasteiger partial charge on any atom is 0.257 e. The minimum Gasteiger partial charge on any atom is -0.497 e. The van der Waals surface area contributed by atoms with Crippen LogP contribution in [0.2, 0.25) is 0 Å². The summed E-state index contributed by atoms with van der Waals surface area (Å²) in [6, 6.07) is 7.51. The van der Waals surface area contributed by atoms with Crippen LogP contribution >= 0.6 is 0 Å². The Bertz CT molecular complexity index is 465. The van der Waals surface area contributed by atoms with Crippen LogP contribution in [0.3, 0.4) is 0 Å². The maximum atomic E-state index is 5.18. The Labute approximate surface area is 99.8 Å². The predicted octanol–water partition coefficient (Wildman–Crippen LogP) is 1.85. The van der Waals surface area contributed by atoms with Crippen molar-refractivity contribution in [1.29, 1.82) is 0 Å². The molecule has 0 fully saturated rings. The SMILES string of the molecule is CCNCc1noc(-c2ccc(OC)cc2)n1. The molecule has 0 spiro atoms. The molecule has 0 aliphatic carbocycles. The topological polar surface area (TPSA) is 60.2 Å². The van der Waals surface area contributed by atoms with Crippen LogP contribution in [0.5, 0.6) is 5.75 Å². The van der Waals surface area contributed by atoms with E-state index in [2.05, 4.69) is 15.5 Å². The first-order valence-corrected chi connectivity index (χ1v) is 5.51. The van der Waals surface area contributed by atoms with Gasteiger partial charge in [0.2, 0.25) is 0 Å². The van der Waals surface area contributed by atoms with Gasteiger partial charge in [-0.3, -0.25) is 0 Å². The van der Waals surface area contributed by atoms with E-state index in [4.69, 9.17) is 9.26 Å². The lowest BCUT2D eigenvalue weighted by Gasteiger charge is -1.98. The first kappa shape index (κ1) is 11.6. The van der Waals surface area contributed by atoms with Gasteiger partial charge in [-0.05, 0) is 30.8 Å². The van der Waals surface area contributed by atoms with Crippen LogP contribution in [0.15, 0.2) is 28.8 Å². The van der Waals surface area contributed by atoms with Crippen molar-refractivity contribution in [3.63, 3.8) is 0 Å². The standard InChI is InChI=1S/C12H15N3O2/c1-3-13-8-11-14-12(17-15-11)9-4-6-10(16-2)7-5-9/h4-7,13H,3,8H2,1-2H3. The minimum atomic E-state index is 0.528. The Morgan fingerprint density at radius 3 is 2.71 bits per heavy atom. The van der Waals surface area contributed by atoms with E-state index in [0.29, 0.717) is 18.3 Å². The van der Waals surface area contributed by atoms with Gasteiger partial charge in [0.1, 0.15) is 5.75 Å². The van der Waals surface area contributed by atoms with Gasteiger partial charge in [0, 0.05) is 5.56 Å². The minimum absolute atomic E-state index is 0.528. The summed E-state index contributed by atoms with van der Waals surface area (Å²) in [5, 5.41) is 7.04. The molecule has 0 amide bonds. The number of aromatic nitrogens is 2. The Hall–Kier alpha value is -1.88. The molecule has 1 aromatic heterocycles. The molecule has 1 N–H and O–H groups in total. The van der Waals surface area contributed by atoms with Crippen LogP contribution in [0, 0.1) is 0 Å². The normalized spacial score (nSPS) is 10.5. The van der Waals surface area contributed by atoms with Crippen LogP contribution in [0.1, 0.15) is 12.7 Å². The number of nitrogens with zero attached hydrogens (tertiary/aromatic N) is 2. The zero-order valence-electron chi connectivity index (χ0n) is 9.93. The van der Waals surface area contributed by atoms with Crippen LogP contribution in [0.25, 0.3) is 11.5 Å². The van der Waals surface area contributed by atoms with Crippen molar-refractivity contribution in [2.75, 3.05) is 13.7 Å². The fourth-order valence-electron chi connectivity index (χ4n) is 1.41. The quantitative estimate of drug-likeness (QED) is 0.854. The molecule has 17 heavy (non-hydrogen) atoms. The van der Waals surface area contributed by atoms with Gasteiger partial charge in [0.25, 0.3) is 5.89 Å². The van der Waals surface area contributed by atoms with Gasteiger partial charge in [0.15, 0.2) is 5.82 Å². The molecule has 5 heteroatoms. The van der Waals surface area contributed by atoms with E-state index >= 15 is 0 Å². The van der Waals surface area contributed by atoms with Crippen molar-refractivity contribution in [2.45, 2.75) is 13.5 Å². The lowest BCUT2D eigenvalue weighted by molar-refractivity contribution is 0.413. The second kappa shape index (κ2) is 5.45. The third-order valence-corrected chi connectivity index (χ3v) is 2.34. The summed E-state index contributed by atoms with van der Waals surface area (Å²) >= 11 is 0. The van der Waals surface area contributed by atoms with Gasteiger partial charge in [0.05, 0.1) is 13.7 Å². The molecule has 0 saturated heterocycles. The van der Waals surface area contributed by atoms with Crippen molar-refractivity contribution in [1.82, 2.24) is 15.5 Å². The number of methoxy groups -OCH3 is 1. The van der Waals surface area contributed by atoms with Crippen molar-refractivity contribution < 1.29 is 9.26 Å². The van der Waals surface area contributed by atoms with Gasteiger partial charge < -0.3 is 14.6 Å². The van der Waals surface area contributed by atoms with E-state index in [1.807, 2.05) is 31.2 Å². The Balaban J connectivity index is 2.12. The molecule has 0 aliphatic heterocycles. The van der Waals surface area contributed by atoms with E-state index in [1.54, 1.807) is 7.11 Å². The Morgan fingerprint density at radius 2 is 2.06 bits per heavy atom. The fraction of sp³-hybridized carbons (Fsp3) is 0.333. The molecule has 0 aliphatic rings. The molecule has 0 bridgehead atoms.